The number of allylic oxidation sites excluding steroid dienone is 1. The average Bonchev–Trinajstić information content (AvgIpc) is 3.29. The second-order valence-corrected chi connectivity index (χ2v) is 15.4. The molecular weight excluding hydrogens is 594 g/mol. The molecule has 8 unspecified atom stereocenters. The van der Waals surface area contributed by atoms with Crippen molar-refractivity contribution in [3.63, 3.8) is 0 Å². The molecule has 0 aliphatic heterocycles. The van der Waals surface area contributed by atoms with Crippen LogP contribution in [-0.2, 0) is 17.1 Å². The number of carbonyl (C=O) groups excluding carboxylic acids is 1. The molecule has 3 fully saturated rings. The third kappa shape index (κ3) is 6.93. The lowest BCUT2D eigenvalue weighted by molar-refractivity contribution is -0.143. The van der Waals surface area contributed by atoms with E-state index in [0.717, 1.165) is 30.6 Å². The Kier molecular flexibility index (Phi) is 9.44. The highest BCUT2D eigenvalue weighted by molar-refractivity contribution is 5.64. The molecule has 0 amide bonds. The van der Waals surface area contributed by atoms with Crippen LogP contribution in [0.15, 0.2) is 29.8 Å². The van der Waals surface area contributed by atoms with Crippen molar-refractivity contribution in [1.29, 1.82) is 0 Å². The van der Waals surface area contributed by atoms with Gasteiger partial charge in [-0.15, -0.1) is 0 Å². The molecule has 0 heterocycles. The number of carbonyl (C=O) groups is 1. The van der Waals surface area contributed by atoms with Crippen LogP contribution in [0.25, 0.3) is 0 Å². The quantitative estimate of drug-likeness (QED) is 0.128. The smallest absolute Gasteiger partial charge is 0.430 e. The number of hydrogen-bond acceptors (Lipinski definition) is 3. The van der Waals surface area contributed by atoms with E-state index in [9.17, 15) is 31.1 Å². The fourth-order valence-electron chi connectivity index (χ4n) is 9.99. The summed E-state index contributed by atoms with van der Waals surface area (Å²) in [6, 6.07) is 0.765. The maximum atomic E-state index is 13.2. The highest BCUT2D eigenvalue weighted by Gasteiger charge is 2.59. The van der Waals surface area contributed by atoms with Crippen LogP contribution in [0, 0.1) is 46.3 Å². The zero-order valence-electron chi connectivity index (χ0n) is 27.1. The summed E-state index contributed by atoms with van der Waals surface area (Å²) in [7, 11) is 0. The van der Waals surface area contributed by atoms with Crippen LogP contribution < -0.4 is 4.74 Å². The summed E-state index contributed by atoms with van der Waals surface area (Å²) in [5.41, 5.74) is -1.47. The predicted molar refractivity (Wildman–Crippen MR) is 160 cm³/mol. The second-order valence-electron chi connectivity index (χ2n) is 15.4. The molecule has 0 saturated heterocycles. The van der Waals surface area contributed by atoms with Gasteiger partial charge in [0.1, 0.15) is 11.9 Å². The van der Waals surface area contributed by atoms with Crippen LogP contribution in [0.5, 0.6) is 5.75 Å². The molecule has 3 nitrogen and oxygen atoms in total. The summed E-state index contributed by atoms with van der Waals surface area (Å²) in [5, 5.41) is 0. The summed E-state index contributed by atoms with van der Waals surface area (Å²) >= 11 is 0. The first-order chi connectivity index (χ1) is 20.9. The van der Waals surface area contributed by atoms with E-state index in [1.54, 1.807) is 0 Å². The van der Waals surface area contributed by atoms with Gasteiger partial charge in [0.05, 0.1) is 11.1 Å². The van der Waals surface area contributed by atoms with Crippen LogP contribution in [0.4, 0.5) is 31.1 Å². The van der Waals surface area contributed by atoms with Crippen molar-refractivity contribution >= 4 is 6.16 Å². The average molecular weight is 643 g/mol. The SMILES string of the molecule is CC(C)CCCC(C)C1CCC2C3CC=C4CC(OC(=O)Oc5cc(C(F)(F)F)cc(C(F)(F)F)c5)CCC4(C)C3CCC12C. The monoisotopic (exact) mass is 642 g/mol. The summed E-state index contributed by atoms with van der Waals surface area (Å²) < 4.78 is 89.7. The lowest BCUT2D eigenvalue weighted by atomic mass is 9.47. The van der Waals surface area contributed by atoms with Crippen molar-refractivity contribution in [2.75, 3.05) is 0 Å². The number of halogens is 6. The Balaban J connectivity index is 1.23. The number of ether oxygens (including phenoxy) is 2. The van der Waals surface area contributed by atoms with Crippen LogP contribution in [0.3, 0.4) is 0 Å². The van der Waals surface area contributed by atoms with E-state index in [2.05, 4.69) is 40.7 Å². The summed E-state index contributed by atoms with van der Waals surface area (Å²) in [6.45, 7) is 12.0. The first kappa shape index (κ1) is 34.2. The molecule has 3 saturated carbocycles. The van der Waals surface area contributed by atoms with Gasteiger partial charge >= 0.3 is 18.5 Å². The first-order valence-corrected chi connectivity index (χ1v) is 16.8. The van der Waals surface area contributed by atoms with Gasteiger partial charge in [-0.3, -0.25) is 0 Å². The van der Waals surface area contributed by atoms with Crippen molar-refractivity contribution < 1.29 is 40.6 Å². The van der Waals surface area contributed by atoms with Gasteiger partial charge in [0.25, 0.3) is 0 Å². The van der Waals surface area contributed by atoms with E-state index >= 15 is 0 Å². The molecule has 8 atom stereocenters. The maximum Gasteiger partial charge on any atom is 0.514 e. The maximum absolute atomic E-state index is 13.2. The minimum atomic E-state index is -5.04. The largest absolute Gasteiger partial charge is 0.514 e. The molecule has 0 N–H and O–H groups in total. The van der Waals surface area contributed by atoms with Gasteiger partial charge in [0, 0.05) is 6.42 Å². The third-order valence-electron chi connectivity index (χ3n) is 12.3. The number of rotatable bonds is 7. The van der Waals surface area contributed by atoms with Gasteiger partial charge in [0.15, 0.2) is 0 Å². The van der Waals surface area contributed by atoms with Gasteiger partial charge < -0.3 is 9.47 Å². The Morgan fingerprint density at radius 1 is 0.889 bits per heavy atom. The van der Waals surface area contributed by atoms with E-state index in [-0.39, 0.29) is 11.5 Å². The van der Waals surface area contributed by atoms with Gasteiger partial charge in [-0.25, -0.2) is 4.79 Å². The van der Waals surface area contributed by atoms with Crippen molar-refractivity contribution in [3.05, 3.63) is 41.0 Å². The van der Waals surface area contributed by atoms with Gasteiger partial charge in [-0.1, -0.05) is 65.5 Å². The normalized spacial score (nSPS) is 34.0. The fourth-order valence-corrected chi connectivity index (χ4v) is 9.99. The topological polar surface area (TPSA) is 35.5 Å². The molecule has 5 rings (SSSR count). The lowest BCUT2D eigenvalue weighted by Crippen LogP contribution is -2.51. The fraction of sp³-hybridized carbons (Fsp3) is 0.750. The van der Waals surface area contributed by atoms with Crippen LogP contribution in [0.2, 0.25) is 0 Å². The lowest BCUT2D eigenvalue weighted by Gasteiger charge is -2.58. The van der Waals surface area contributed by atoms with Crippen molar-refractivity contribution in [2.45, 2.75) is 124 Å². The van der Waals surface area contributed by atoms with E-state index in [4.69, 9.17) is 9.47 Å². The van der Waals surface area contributed by atoms with Gasteiger partial charge in [0.2, 0.25) is 0 Å². The highest BCUT2D eigenvalue weighted by atomic mass is 19.4. The zero-order chi connectivity index (χ0) is 32.9. The number of fused-ring (bicyclic) bond motifs is 5. The molecule has 0 radical (unpaired) electrons. The standard InChI is InChI=1S/C36H48F6O3/c1-21(2)7-6-8-22(3)29-11-12-30-28-10-9-23-18-26(13-15-33(23,4)31(28)14-16-34(29,30)5)44-32(43)45-27-19-24(35(37,38)39)17-25(20-27)36(40,41)42/h9,17,19-22,26,28-31H,6-8,10-16,18H2,1-5H3. The molecule has 9 heteroatoms. The predicted octanol–water partition coefficient (Wildman–Crippen LogP) is 11.6. The molecule has 1 aromatic carbocycles. The molecule has 252 valence electrons. The van der Waals surface area contributed by atoms with Crippen LogP contribution in [-0.4, -0.2) is 12.3 Å². The van der Waals surface area contributed by atoms with Gasteiger partial charge in [-0.05, 0) is 109 Å². The van der Waals surface area contributed by atoms with Crippen LogP contribution >= 0.6 is 0 Å². The summed E-state index contributed by atoms with van der Waals surface area (Å²) in [6.07, 6.45) is 2.26. The number of benzene rings is 1. The van der Waals surface area contributed by atoms with E-state index < -0.39 is 41.5 Å². The molecule has 45 heavy (non-hydrogen) atoms. The third-order valence-corrected chi connectivity index (χ3v) is 12.3. The van der Waals surface area contributed by atoms with Crippen molar-refractivity contribution in [1.82, 2.24) is 0 Å². The minimum absolute atomic E-state index is 0.00235. The minimum Gasteiger partial charge on any atom is -0.430 e. The molecule has 0 aromatic heterocycles. The molecule has 0 spiro atoms. The summed E-state index contributed by atoms with van der Waals surface area (Å²) in [4.78, 5) is 12.6. The molecule has 4 aliphatic carbocycles. The Morgan fingerprint density at radius 3 is 2.18 bits per heavy atom. The Morgan fingerprint density at radius 2 is 1.56 bits per heavy atom. The van der Waals surface area contributed by atoms with E-state index in [1.807, 2.05) is 0 Å². The molecule has 4 aliphatic rings. The molecule has 0 bridgehead atoms. The molecule has 1 aromatic rings. The highest BCUT2D eigenvalue weighted by Crippen LogP contribution is 2.67. The second kappa shape index (κ2) is 12.4. The van der Waals surface area contributed by atoms with E-state index in [0.29, 0.717) is 48.1 Å². The Bertz CT molecular complexity index is 1240. The first-order valence-electron chi connectivity index (χ1n) is 16.8. The zero-order valence-corrected chi connectivity index (χ0v) is 27.1. The number of alkyl halides is 6. The van der Waals surface area contributed by atoms with Gasteiger partial charge in [-0.2, -0.15) is 26.3 Å². The van der Waals surface area contributed by atoms with Crippen molar-refractivity contribution in [2.24, 2.45) is 46.3 Å². The van der Waals surface area contributed by atoms with Crippen molar-refractivity contribution in [3.8, 4) is 5.75 Å². The summed E-state index contributed by atoms with van der Waals surface area (Å²) in [5.74, 6) is 3.31. The Labute approximate surface area is 263 Å². The number of hydrogen-bond donors (Lipinski definition) is 0. The molecular formula is C36H48F6O3. The Hall–Kier alpha value is -2.19. The van der Waals surface area contributed by atoms with Crippen LogP contribution in [0.1, 0.15) is 116 Å². The van der Waals surface area contributed by atoms with E-state index in [1.165, 1.54) is 50.5 Å².